The number of hydrogen-bond donors (Lipinski definition) is 2. The molecule has 2 aromatic rings. The van der Waals surface area contributed by atoms with Crippen LogP contribution in [0.4, 0.5) is 5.82 Å². The highest BCUT2D eigenvalue weighted by molar-refractivity contribution is 7.82. The molecule has 1 aromatic heterocycles. The van der Waals surface area contributed by atoms with E-state index < -0.39 is 11.0 Å². The molecule has 0 amide bonds. The lowest BCUT2D eigenvalue weighted by Crippen LogP contribution is -2.30. The Kier molecular flexibility index (Phi) is 8.38. The van der Waals surface area contributed by atoms with Gasteiger partial charge in [0.25, 0.3) is 0 Å². The Morgan fingerprint density at radius 3 is 2.54 bits per heavy atom. The minimum atomic E-state index is -1.21. The van der Waals surface area contributed by atoms with Crippen molar-refractivity contribution in [2.45, 2.75) is 58.3 Å². The Morgan fingerprint density at radius 1 is 1.25 bits per heavy atom. The Balaban J connectivity index is 0.00000136. The summed E-state index contributed by atoms with van der Waals surface area (Å²) in [4.78, 5) is 9.22. The summed E-state index contributed by atoms with van der Waals surface area (Å²) >= 11 is 0. The van der Waals surface area contributed by atoms with Crippen molar-refractivity contribution in [2.75, 3.05) is 13.1 Å². The van der Waals surface area contributed by atoms with Crippen LogP contribution >= 0.6 is 0 Å². The molecule has 28 heavy (non-hydrogen) atoms. The predicted molar refractivity (Wildman–Crippen MR) is 119 cm³/mol. The predicted octanol–water partition coefficient (Wildman–Crippen LogP) is 4.01. The van der Waals surface area contributed by atoms with E-state index in [1.54, 1.807) is 6.20 Å². The molecule has 1 fully saturated rings. The van der Waals surface area contributed by atoms with E-state index >= 15 is 0 Å². The lowest BCUT2D eigenvalue weighted by atomic mass is 10.1. The maximum atomic E-state index is 13.2. The average molecular weight is 404 g/mol. The van der Waals surface area contributed by atoms with Crippen LogP contribution in [-0.2, 0) is 11.0 Å². The van der Waals surface area contributed by atoms with Gasteiger partial charge in [-0.1, -0.05) is 39.7 Å². The Labute approximate surface area is 171 Å². The Hall–Kier alpha value is -1.99. The maximum absolute atomic E-state index is 13.2. The number of hydrogen-bond acceptors (Lipinski definition) is 3. The van der Waals surface area contributed by atoms with Crippen LogP contribution < -0.4 is 11.5 Å². The number of fused-ring (bicyclic) bond motifs is 1. The first-order valence-corrected chi connectivity index (χ1v) is 11.3. The summed E-state index contributed by atoms with van der Waals surface area (Å²) in [5, 5.41) is 1.83. The van der Waals surface area contributed by atoms with E-state index in [9.17, 15) is 4.21 Å². The van der Waals surface area contributed by atoms with Gasteiger partial charge in [-0.15, -0.1) is 0 Å². The van der Waals surface area contributed by atoms with Crippen molar-refractivity contribution in [1.82, 2.24) is 9.29 Å². The molecule has 1 atom stereocenters. The van der Waals surface area contributed by atoms with Gasteiger partial charge in [-0.05, 0) is 48.8 Å². The lowest BCUT2D eigenvalue weighted by Gasteiger charge is -2.23. The SMILES string of the molecule is CC.CCN(CC1CCCC1)S(=O)c1ccc2c(C)cnc(N=C(N)N)c2c1. The number of nitrogens with two attached hydrogens (primary N) is 2. The first-order valence-electron chi connectivity index (χ1n) is 10.2. The zero-order valence-electron chi connectivity index (χ0n) is 17.4. The van der Waals surface area contributed by atoms with Gasteiger partial charge in [-0.3, -0.25) is 0 Å². The molecule has 1 aliphatic rings. The van der Waals surface area contributed by atoms with Gasteiger partial charge in [0.2, 0.25) is 0 Å². The summed E-state index contributed by atoms with van der Waals surface area (Å²) in [6.07, 6.45) is 6.81. The molecule has 4 N–H and O–H groups in total. The van der Waals surface area contributed by atoms with Gasteiger partial charge in [0.1, 0.15) is 11.0 Å². The molecule has 1 unspecified atom stereocenters. The normalized spacial score (nSPS) is 15.3. The van der Waals surface area contributed by atoms with Crippen LogP contribution in [-0.4, -0.2) is 32.5 Å². The monoisotopic (exact) mass is 403 g/mol. The highest BCUT2D eigenvalue weighted by Gasteiger charge is 2.22. The van der Waals surface area contributed by atoms with Crippen LogP contribution in [0.2, 0.25) is 0 Å². The molecule has 3 rings (SSSR count). The van der Waals surface area contributed by atoms with Gasteiger partial charge in [-0.2, -0.15) is 4.99 Å². The largest absolute Gasteiger partial charge is 0.370 e. The highest BCUT2D eigenvalue weighted by atomic mass is 32.2. The summed E-state index contributed by atoms with van der Waals surface area (Å²) < 4.78 is 15.2. The third kappa shape index (κ3) is 5.29. The number of benzene rings is 1. The first kappa shape index (κ1) is 22.3. The second-order valence-corrected chi connectivity index (χ2v) is 8.38. The molecule has 0 saturated heterocycles. The van der Waals surface area contributed by atoms with Gasteiger partial charge in [0.15, 0.2) is 11.8 Å². The van der Waals surface area contributed by atoms with Gasteiger partial charge in [0, 0.05) is 24.7 Å². The van der Waals surface area contributed by atoms with Crippen molar-refractivity contribution < 1.29 is 4.21 Å². The first-order chi connectivity index (χ1) is 13.5. The summed E-state index contributed by atoms with van der Waals surface area (Å²) in [7, 11) is -1.21. The van der Waals surface area contributed by atoms with E-state index in [0.717, 1.165) is 34.3 Å². The van der Waals surface area contributed by atoms with E-state index in [4.69, 9.17) is 11.5 Å². The third-order valence-electron chi connectivity index (χ3n) is 5.00. The summed E-state index contributed by atoms with van der Waals surface area (Å²) in [6.45, 7) is 9.69. The number of aromatic nitrogens is 1. The molecular formula is C21H33N5OS. The van der Waals surface area contributed by atoms with Crippen molar-refractivity contribution in [3.8, 4) is 0 Å². The third-order valence-corrected chi connectivity index (χ3v) is 6.53. The standard InChI is InChI=1S/C19H27N5OS.C2H6/c1-3-24(12-14-6-4-5-7-14)26(25)15-8-9-16-13(2)11-22-18(17(16)10-15)23-19(20)21;1-2/h8-11,14H,3-7,12H2,1-2H3,(H4,20,21,22,23);1-2H3. The summed E-state index contributed by atoms with van der Waals surface area (Å²) in [5.74, 6) is 1.08. The fraction of sp³-hybridized carbons (Fsp3) is 0.524. The topological polar surface area (TPSA) is 97.6 Å². The highest BCUT2D eigenvalue weighted by Crippen LogP contribution is 2.30. The van der Waals surface area contributed by atoms with Crippen LogP contribution in [0.15, 0.2) is 34.3 Å². The number of aryl methyl sites for hydroxylation is 1. The van der Waals surface area contributed by atoms with Crippen LogP contribution in [0.25, 0.3) is 10.8 Å². The van der Waals surface area contributed by atoms with Crippen LogP contribution in [0.1, 0.15) is 52.0 Å². The number of nitrogens with zero attached hydrogens (tertiary/aromatic N) is 3. The van der Waals surface area contributed by atoms with Crippen molar-refractivity contribution >= 4 is 33.5 Å². The summed E-state index contributed by atoms with van der Waals surface area (Å²) in [5.41, 5.74) is 12.1. The average Bonchev–Trinajstić information content (AvgIpc) is 3.22. The van der Waals surface area contributed by atoms with E-state index in [2.05, 4.69) is 21.2 Å². The van der Waals surface area contributed by atoms with Crippen molar-refractivity contribution in [3.63, 3.8) is 0 Å². The molecule has 0 spiro atoms. The second kappa shape index (κ2) is 10.5. The fourth-order valence-corrected chi connectivity index (χ4v) is 4.90. The number of pyridine rings is 1. The van der Waals surface area contributed by atoms with Gasteiger partial charge in [-0.25, -0.2) is 13.5 Å². The van der Waals surface area contributed by atoms with Crippen LogP contribution in [0, 0.1) is 12.8 Å². The molecule has 0 radical (unpaired) electrons. The molecule has 0 bridgehead atoms. The minimum Gasteiger partial charge on any atom is -0.370 e. The molecule has 0 aliphatic heterocycles. The molecule has 1 saturated carbocycles. The molecular weight excluding hydrogens is 370 g/mol. The number of guanidine groups is 1. The zero-order valence-corrected chi connectivity index (χ0v) is 18.3. The zero-order chi connectivity index (χ0) is 20.7. The van der Waals surface area contributed by atoms with Gasteiger partial charge >= 0.3 is 0 Å². The molecule has 154 valence electrons. The lowest BCUT2D eigenvalue weighted by molar-refractivity contribution is 0.374. The number of aliphatic imine (C=N–C) groups is 1. The Morgan fingerprint density at radius 2 is 1.93 bits per heavy atom. The molecule has 6 nitrogen and oxygen atoms in total. The number of rotatable bonds is 6. The van der Waals surface area contributed by atoms with E-state index in [0.29, 0.717) is 11.7 Å². The van der Waals surface area contributed by atoms with E-state index in [-0.39, 0.29) is 5.96 Å². The van der Waals surface area contributed by atoms with Crippen molar-refractivity contribution in [1.29, 1.82) is 0 Å². The van der Waals surface area contributed by atoms with E-state index in [1.807, 2.05) is 39.0 Å². The van der Waals surface area contributed by atoms with Crippen molar-refractivity contribution in [3.05, 3.63) is 30.0 Å². The van der Waals surface area contributed by atoms with Crippen LogP contribution in [0.5, 0.6) is 0 Å². The molecule has 7 heteroatoms. The maximum Gasteiger partial charge on any atom is 0.192 e. The van der Waals surface area contributed by atoms with Gasteiger partial charge < -0.3 is 11.5 Å². The molecule has 1 aliphatic carbocycles. The fourth-order valence-electron chi connectivity index (χ4n) is 3.61. The van der Waals surface area contributed by atoms with E-state index in [1.165, 1.54) is 25.7 Å². The molecule has 1 aromatic carbocycles. The van der Waals surface area contributed by atoms with Crippen molar-refractivity contribution in [2.24, 2.45) is 22.4 Å². The quantitative estimate of drug-likeness (QED) is 0.562. The van der Waals surface area contributed by atoms with Crippen LogP contribution in [0.3, 0.4) is 0 Å². The minimum absolute atomic E-state index is 0.0365. The second-order valence-electron chi connectivity index (χ2n) is 6.89. The Bertz CT molecular complexity index is 842. The van der Waals surface area contributed by atoms with Gasteiger partial charge in [0.05, 0.1) is 4.90 Å². The summed E-state index contributed by atoms with van der Waals surface area (Å²) in [6, 6.07) is 5.82. The smallest absolute Gasteiger partial charge is 0.192 e. The molecule has 1 heterocycles.